The summed E-state index contributed by atoms with van der Waals surface area (Å²) in [5.74, 6) is 0.152. The van der Waals surface area contributed by atoms with Crippen molar-refractivity contribution in [3.05, 3.63) is 46.6 Å². The molecule has 9 heteroatoms. The van der Waals surface area contributed by atoms with E-state index in [0.717, 1.165) is 44.1 Å². The Kier molecular flexibility index (Phi) is 14.4. The quantitative estimate of drug-likeness (QED) is 0.186. The van der Waals surface area contributed by atoms with Crippen LogP contribution in [0, 0.1) is 0 Å². The molecule has 168 valence electrons. The summed E-state index contributed by atoms with van der Waals surface area (Å²) in [5.41, 5.74) is 5.18. The van der Waals surface area contributed by atoms with Crippen LogP contribution in [0.1, 0.15) is 73.1 Å². The molecule has 0 spiro atoms. The van der Waals surface area contributed by atoms with Gasteiger partial charge in [0.2, 0.25) is 0 Å². The highest BCUT2D eigenvalue weighted by Crippen LogP contribution is 2.64. The van der Waals surface area contributed by atoms with Gasteiger partial charge in [0.1, 0.15) is 0 Å². The van der Waals surface area contributed by atoms with E-state index in [2.05, 4.69) is 50.2 Å². The number of hydrogen-bond donors (Lipinski definition) is 3. The van der Waals surface area contributed by atoms with Crippen molar-refractivity contribution in [3.63, 3.8) is 0 Å². The van der Waals surface area contributed by atoms with Gasteiger partial charge in [0.15, 0.2) is 0 Å². The van der Waals surface area contributed by atoms with Gasteiger partial charge in [-0.15, -0.1) is 0 Å². The maximum atomic E-state index is 11.5. The van der Waals surface area contributed by atoms with Crippen LogP contribution in [-0.2, 0) is 13.4 Å². The van der Waals surface area contributed by atoms with Gasteiger partial charge in [-0.1, -0.05) is 46.6 Å². The first-order chi connectivity index (χ1) is 13.3. The normalized spacial score (nSPS) is 15.9. The Morgan fingerprint density at radius 3 is 1.59 bits per heavy atom. The average Bonchev–Trinajstić information content (AvgIpc) is 2.51. The summed E-state index contributed by atoms with van der Waals surface area (Å²) >= 11 is 0.489. The summed E-state index contributed by atoms with van der Waals surface area (Å²) in [4.78, 5) is 26.6. The van der Waals surface area contributed by atoms with Crippen molar-refractivity contribution in [2.24, 2.45) is 0 Å². The van der Waals surface area contributed by atoms with Crippen molar-refractivity contribution in [2.45, 2.75) is 73.1 Å². The standard InChI is InChI=1S/C20H36O6P2S/c1-17(2)9-6-10-18(3)11-7-12-19(4)13-8-14-20(5)15-16-29-28(24,25)26-27(21,22)23/h9,11,13,15H,6-8,10,12,14,16H2,1-5H3,(H,24,25)(H2,21,22,23)/b18-11-,19-13-,20-15+. The molecule has 3 N–H and O–H groups in total. The van der Waals surface area contributed by atoms with E-state index in [1.54, 1.807) is 6.08 Å². The number of phosphoric acid groups is 1. The van der Waals surface area contributed by atoms with Crippen LogP contribution < -0.4 is 0 Å². The second kappa shape index (κ2) is 14.6. The molecule has 0 saturated carbocycles. The largest absolute Gasteiger partial charge is 0.477 e. The smallest absolute Gasteiger partial charge is 0.316 e. The van der Waals surface area contributed by atoms with E-state index in [9.17, 15) is 14.0 Å². The summed E-state index contributed by atoms with van der Waals surface area (Å²) in [5, 5.41) is 0. The Labute approximate surface area is 179 Å². The minimum absolute atomic E-state index is 0.152. The van der Waals surface area contributed by atoms with Gasteiger partial charge in [-0.05, 0) is 84.5 Å². The lowest BCUT2D eigenvalue weighted by Crippen LogP contribution is -1.86. The Hall–Kier alpha value is -0.390. The first-order valence-electron chi connectivity index (χ1n) is 9.65. The van der Waals surface area contributed by atoms with E-state index >= 15 is 0 Å². The Bertz CT molecular complexity index is 714. The van der Waals surface area contributed by atoms with Crippen LogP contribution in [0.15, 0.2) is 46.6 Å². The van der Waals surface area contributed by atoms with E-state index in [1.165, 1.54) is 16.7 Å². The highest BCUT2D eigenvalue weighted by Gasteiger charge is 2.30. The molecular weight excluding hydrogens is 430 g/mol. The lowest BCUT2D eigenvalue weighted by Gasteiger charge is -2.10. The molecule has 0 aromatic heterocycles. The highest BCUT2D eigenvalue weighted by atomic mass is 32.7. The molecule has 0 bridgehead atoms. The zero-order valence-corrected chi connectivity index (χ0v) is 20.7. The predicted octanol–water partition coefficient (Wildman–Crippen LogP) is 7.08. The van der Waals surface area contributed by atoms with Crippen molar-refractivity contribution < 1.29 is 28.1 Å². The molecule has 0 heterocycles. The summed E-state index contributed by atoms with van der Waals surface area (Å²) in [6.45, 7) is 6.12. The minimum Gasteiger partial charge on any atom is -0.316 e. The van der Waals surface area contributed by atoms with Crippen molar-refractivity contribution in [1.82, 2.24) is 0 Å². The Balaban J connectivity index is 4.20. The fourth-order valence-corrected chi connectivity index (χ4v) is 6.22. The van der Waals surface area contributed by atoms with E-state index < -0.39 is 14.6 Å². The lowest BCUT2D eigenvalue weighted by molar-refractivity contribution is 0.270. The van der Waals surface area contributed by atoms with Crippen molar-refractivity contribution in [3.8, 4) is 0 Å². The molecule has 1 unspecified atom stereocenters. The molecule has 29 heavy (non-hydrogen) atoms. The number of allylic oxidation sites excluding steroid dienone is 7. The SMILES string of the molecule is CC(C)=CCC/C(C)=C\CC/C(C)=C\CC/C(C)=C/CSP(=O)(O)OP(=O)(O)O. The number of rotatable bonds is 14. The molecule has 0 aromatic carbocycles. The first kappa shape index (κ1) is 28.6. The van der Waals surface area contributed by atoms with Crippen molar-refractivity contribution in [2.75, 3.05) is 5.75 Å². The van der Waals surface area contributed by atoms with Gasteiger partial charge in [-0.25, -0.2) is 9.13 Å². The summed E-state index contributed by atoms with van der Waals surface area (Å²) < 4.78 is 26.0. The molecule has 0 aromatic rings. The van der Waals surface area contributed by atoms with Gasteiger partial charge in [-0.3, -0.25) is 0 Å². The van der Waals surface area contributed by atoms with Gasteiger partial charge in [0, 0.05) is 5.75 Å². The molecule has 0 saturated heterocycles. The first-order valence-corrected chi connectivity index (χ1v) is 14.3. The molecule has 0 aliphatic rings. The van der Waals surface area contributed by atoms with Crippen molar-refractivity contribution >= 4 is 26.0 Å². The van der Waals surface area contributed by atoms with Crippen LogP contribution in [0.4, 0.5) is 0 Å². The topological polar surface area (TPSA) is 104 Å². The second-order valence-corrected chi connectivity index (χ2v) is 12.7. The highest BCUT2D eigenvalue weighted by molar-refractivity contribution is 8.55. The number of hydrogen-bond acceptors (Lipinski definition) is 4. The van der Waals surface area contributed by atoms with Crippen LogP contribution in [0.3, 0.4) is 0 Å². The van der Waals surface area contributed by atoms with E-state index in [4.69, 9.17) is 9.79 Å². The monoisotopic (exact) mass is 466 g/mol. The maximum absolute atomic E-state index is 11.5. The molecule has 0 amide bonds. The average molecular weight is 467 g/mol. The van der Waals surface area contributed by atoms with Gasteiger partial charge in [0.05, 0.1) is 0 Å². The van der Waals surface area contributed by atoms with Crippen LogP contribution >= 0.6 is 26.0 Å². The summed E-state index contributed by atoms with van der Waals surface area (Å²) in [6, 6.07) is 0. The third-order valence-corrected chi connectivity index (χ3v) is 8.38. The Morgan fingerprint density at radius 2 is 1.17 bits per heavy atom. The summed E-state index contributed by atoms with van der Waals surface area (Å²) in [7, 11) is -4.97. The molecule has 1 atom stereocenters. The zero-order valence-electron chi connectivity index (χ0n) is 18.1. The third kappa shape index (κ3) is 19.3. The van der Waals surface area contributed by atoms with E-state index in [-0.39, 0.29) is 5.75 Å². The van der Waals surface area contributed by atoms with Gasteiger partial charge < -0.3 is 14.7 Å². The molecular formula is C20H36O6P2S. The molecule has 0 fully saturated rings. The molecule has 0 aliphatic heterocycles. The molecule has 0 aliphatic carbocycles. The summed E-state index contributed by atoms with van der Waals surface area (Å²) in [6.07, 6.45) is 14.6. The van der Waals surface area contributed by atoms with Crippen LogP contribution in [-0.4, -0.2) is 20.4 Å². The van der Waals surface area contributed by atoms with E-state index in [0.29, 0.717) is 11.4 Å². The van der Waals surface area contributed by atoms with Gasteiger partial charge >= 0.3 is 14.6 Å². The lowest BCUT2D eigenvalue weighted by atomic mass is 10.0. The van der Waals surface area contributed by atoms with E-state index in [1.807, 2.05) is 6.92 Å². The predicted molar refractivity (Wildman–Crippen MR) is 124 cm³/mol. The van der Waals surface area contributed by atoms with Crippen LogP contribution in [0.5, 0.6) is 0 Å². The van der Waals surface area contributed by atoms with Gasteiger partial charge in [-0.2, -0.15) is 4.31 Å². The van der Waals surface area contributed by atoms with Crippen LogP contribution in [0.25, 0.3) is 0 Å². The fourth-order valence-electron chi connectivity index (χ4n) is 2.42. The molecule has 0 radical (unpaired) electrons. The van der Waals surface area contributed by atoms with Gasteiger partial charge in [0.25, 0.3) is 0 Å². The zero-order chi connectivity index (χ0) is 22.5. The minimum atomic E-state index is -4.97. The van der Waals surface area contributed by atoms with Crippen LogP contribution in [0.2, 0.25) is 0 Å². The molecule has 6 nitrogen and oxygen atoms in total. The third-order valence-electron chi connectivity index (χ3n) is 4.03. The fraction of sp³-hybridized carbons (Fsp3) is 0.600. The molecule has 0 rings (SSSR count). The Morgan fingerprint density at radius 1 is 0.759 bits per heavy atom. The maximum Gasteiger partial charge on any atom is 0.477 e. The van der Waals surface area contributed by atoms with Crippen molar-refractivity contribution in [1.29, 1.82) is 0 Å². The second-order valence-electron chi connectivity index (χ2n) is 7.39.